The molecule has 0 aromatic heterocycles. The van der Waals surface area contributed by atoms with Gasteiger partial charge >= 0.3 is 0 Å². The maximum atomic E-state index is 11.9. The number of aliphatic imine (C=N–C) groups is 1. The van der Waals surface area contributed by atoms with Crippen molar-refractivity contribution in [3.8, 4) is 0 Å². The van der Waals surface area contributed by atoms with Crippen LogP contribution in [0.4, 0.5) is 0 Å². The van der Waals surface area contributed by atoms with Crippen LogP contribution in [0.25, 0.3) is 0 Å². The molecule has 2 fully saturated rings. The molecule has 1 aliphatic heterocycles. The Balaban J connectivity index is 1.55. The first-order chi connectivity index (χ1) is 12.6. The molecule has 0 spiro atoms. The first kappa shape index (κ1) is 19.1. The molecule has 1 amide bonds. The normalized spacial score (nSPS) is 21.5. The molecular weight excluding hydrogens is 344 g/mol. The Labute approximate surface area is 161 Å². The second-order valence-electron chi connectivity index (χ2n) is 7.12. The molecule has 1 aromatic rings. The zero-order valence-electron chi connectivity index (χ0n) is 15.8. The van der Waals surface area contributed by atoms with E-state index in [2.05, 4.69) is 47.9 Å². The van der Waals surface area contributed by atoms with Crippen LogP contribution in [-0.4, -0.2) is 53.7 Å². The summed E-state index contributed by atoms with van der Waals surface area (Å²) in [5.41, 5.74) is 0. The van der Waals surface area contributed by atoms with Crippen LogP contribution in [0.1, 0.15) is 39.5 Å². The van der Waals surface area contributed by atoms with Gasteiger partial charge in [0, 0.05) is 41.7 Å². The minimum Gasteiger partial charge on any atom is -0.357 e. The molecule has 1 saturated heterocycles. The van der Waals surface area contributed by atoms with Crippen LogP contribution in [-0.2, 0) is 4.79 Å². The number of rotatable bonds is 7. The molecule has 1 heterocycles. The van der Waals surface area contributed by atoms with Gasteiger partial charge in [0.25, 0.3) is 0 Å². The number of benzene rings is 1. The standard InChI is InChI=1S/C20H30N4OS/c1-3-18(25)24-13-10-16(14-24)23-19(21-4-2)22-15-20(11-12-20)26-17-8-6-5-7-9-17/h5-9,16H,3-4,10-15H2,1-2H3,(H2,21,22,23). The van der Waals surface area contributed by atoms with Crippen molar-refractivity contribution in [3.05, 3.63) is 30.3 Å². The fraction of sp³-hybridized carbons (Fsp3) is 0.600. The molecule has 142 valence electrons. The second-order valence-corrected chi connectivity index (χ2v) is 8.66. The van der Waals surface area contributed by atoms with E-state index >= 15 is 0 Å². The van der Waals surface area contributed by atoms with Gasteiger partial charge in [0.2, 0.25) is 5.91 Å². The number of guanidine groups is 1. The van der Waals surface area contributed by atoms with Gasteiger partial charge in [-0.25, -0.2) is 0 Å². The molecule has 2 aliphatic rings. The zero-order valence-corrected chi connectivity index (χ0v) is 16.6. The van der Waals surface area contributed by atoms with Gasteiger partial charge in [-0.2, -0.15) is 0 Å². The highest BCUT2D eigenvalue weighted by Crippen LogP contribution is 2.51. The smallest absolute Gasteiger partial charge is 0.222 e. The van der Waals surface area contributed by atoms with E-state index in [9.17, 15) is 4.79 Å². The third-order valence-electron chi connectivity index (χ3n) is 4.94. The van der Waals surface area contributed by atoms with Crippen LogP contribution < -0.4 is 10.6 Å². The molecule has 5 nitrogen and oxygen atoms in total. The number of likely N-dealkylation sites (tertiary alicyclic amines) is 1. The lowest BCUT2D eigenvalue weighted by molar-refractivity contribution is -0.129. The quantitative estimate of drug-likeness (QED) is 0.569. The fourth-order valence-electron chi connectivity index (χ4n) is 3.24. The number of carbonyl (C=O) groups excluding carboxylic acids is 1. The SMILES string of the molecule is CCNC(=NCC1(Sc2ccccc2)CC1)NC1CCN(C(=O)CC)C1. The second kappa shape index (κ2) is 8.80. The maximum Gasteiger partial charge on any atom is 0.222 e. The van der Waals surface area contributed by atoms with Crippen molar-refractivity contribution >= 4 is 23.6 Å². The van der Waals surface area contributed by atoms with Crippen molar-refractivity contribution in [2.45, 2.75) is 55.2 Å². The molecule has 1 atom stereocenters. The third kappa shape index (κ3) is 5.16. The minimum absolute atomic E-state index is 0.243. The molecule has 26 heavy (non-hydrogen) atoms. The summed E-state index contributed by atoms with van der Waals surface area (Å²) >= 11 is 1.95. The van der Waals surface area contributed by atoms with Gasteiger partial charge in [-0.3, -0.25) is 9.79 Å². The molecule has 1 saturated carbocycles. The number of carbonyl (C=O) groups is 1. The fourth-order valence-corrected chi connectivity index (χ4v) is 4.46. The molecule has 6 heteroatoms. The molecule has 1 aromatic carbocycles. The predicted molar refractivity (Wildman–Crippen MR) is 109 cm³/mol. The summed E-state index contributed by atoms with van der Waals surface area (Å²) in [5, 5.41) is 6.88. The van der Waals surface area contributed by atoms with Gasteiger partial charge in [0.15, 0.2) is 5.96 Å². The number of nitrogens with zero attached hydrogens (tertiary/aromatic N) is 2. The van der Waals surface area contributed by atoms with Crippen molar-refractivity contribution < 1.29 is 4.79 Å². The number of amides is 1. The lowest BCUT2D eigenvalue weighted by Crippen LogP contribution is -2.45. The highest BCUT2D eigenvalue weighted by atomic mass is 32.2. The van der Waals surface area contributed by atoms with Gasteiger partial charge in [0.1, 0.15) is 0 Å². The Morgan fingerprint density at radius 3 is 2.73 bits per heavy atom. The highest BCUT2D eigenvalue weighted by Gasteiger charge is 2.43. The topological polar surface area (TPSA) is 56.7 Å². The maximum absolute atomic E-state index is 11.9. The van der Waals surface area contributed by atoms with Crippen LogP contribution in [0, 0.1) is 0 Å². The summed E-state index contributed by atoms with van der Waals surface area (Å²) in [6.07, 6.45) is 4.01. The molecule has 3 rings (SSSR count). The van der Waals surface area contributed by atoms with Crippen molar-refractivity contribution in [1.29, 1.82) is 0 Å². The van der Waals surface area contributed by atoms with E-state index in [0.29, 0.717) is 12.5 Å². The summed E-state index contributed by atoms with van der Waals surface area (Å²) in [6.45, 7) is 7.30. The van der Waals surface area contributed by atoms with Crippen molar-refractivity contribution in [2.24, 2.45) is 4.99 Å². The molecular formula is C20H30N4OS. The lowest BCUT2D eigenvalue weighted by Gasteiger charge is -2.19. The number of hydrogen-bond donors (Lipinski definition) is 2. The Hall–Kier alpha value is -1.69. The summed E-state index contributed by atoms with van der Waals surface area (Å²) in [6, 6.07) is 10.9. The van der Waals surface area contributed by atoms with Crippen molar-refractivity contribution in [3.63, 3.8) is 0 Å². The number of nitrogens with one attached hydrogen (secondary N) is 2. The first-order valence-electron chi connectivity index (χ1n) is 9.71. The van der Waals surface area contributed by atoms with E-state index in [-0.39, 0.29) is 10.7 Å². The van der Waals surface area contributed by atoms with Crippen LogP contribution in [0.3, 0.4) is 0 Å². The summed E-state index contributed by atoms with van der Waals surface area (Å²) < 4.78 is 0.254. The van der Waals surface area contributed by atoms with E-state index in [1.165, 1.54) is 17.7 Å². The molecule has 0 radical (unpaired) electrons. The first-order valence-corrected chi connectivity index (χ1v) is 10.5. The lowest BCUT2D eigenvalue weighted by atomic mass is 10.3. The van der Waals surface area contributed by atoms with E-state index in [0.717, 1.165) is 38.6 Å². The highest BCUT2D eigenvalue weighted by molar-refractivity contribution is 8.01. The average Bonchev–Trinajstić information content (AvgIpc) is 3.26. The average molecular weight is 375 g/mol. The molecule has 0 bridgehead atoms. The van der Waals surface area contributed by atoms with Crippen molar-refractivity contribution in [1.82, 2.24) is 15.5 Å². The molecule has 1 aliphatic carbocycles. The Bertz CT molecular complexity index is 630. The van der Waals surface area contributed by atoms with E-state index in [1.54, 1.807) is 0 Å². The van der Waals surface area contributed by atoms with Gasteiger partial charge in [0.05, 0.1) is 6.54 Å². The Morgan fingerprint density at radius 2 is 2.08 bits per heavy atom. The molecule has 1 unspecified atom stereocenters. The van der Waals surface area contributed by atoms with Gasteiger partial charge in [-0.1, -0.05) is 25.1 Å². The number of hydrogen-bond acceptors (Lipinski definition) is 3. The van der Waals surface area contributed by atoms with E-state index in [1.807, 2.05) is 23.6 Å². The zero-order chi connectivity index (χ0) is 18.4. The van der Waals surface area contributed by atoms with Gasteiger partial charge < -0.3 is 15.5 Å². The van der Waals surface area contributed by atoms with Crippen molar-refractivity contribution in [2.75, 3.05) is 26.2 Å². The Kier molecular flexibility index (Phi) is 6.46. The van der Waals surface area contributed by atoms with Crippen LogP contribution in [0.15, 0.2) is 40.2 Å². The molecule has 2 N–H and O–H groups in total. The predicted octanol–water partition coefficient (Wildman–Crippen LogP) is 2.88. The monoisotopic (exact) mass is 374 g/mol. The summed E-state index contributed by atoms with van der Waals surface area (Å²) in [5.74, 6) is 1.12. The summed E-state index contributed by atoms with van der Waals surface area (Å²) in [7, 11) is 0. The van der Waals surface area contributed by atoms with Crippen LogP contribution >= 0.6 is 11.8 Å². The number of thioether (sulfide) groups is 1. The van der Waals surface area contributed by atoms with Crippen LogP contribution in [0.2, 0.25) is 0 Å². The van der Waals surface area contributed by atoms with Crippen LogP contribution in [0.5, 0.6) is 0 Å². The van der Waals surface area contributed by atoms with E-state index < -0.39 is 0 Å². The Morgan fingerprint density at radius 1 is 1.31 bits per heavy atom. The van der Waals surface area contributed by atoms with E-state index in [4.69, 9.17) is 4.99 Å². The van der Waals surface area contributed by atoms with Gasteiger partial charge in [-0.15, -0.1) is 11.8 Å². The third-order valence-corrected chi connectivity index (χ3v) is 6.42. The summed E-state index contributed by atoms with van der Waals surface area (Å²) in [4.78, 5) is 20.0. The van der Waals surface area contributed by atoms with Gasteiger partial charge in [-0.05, 0) is 38.3 Å². The minimum atomic E-state index is 0.243. The largest absolute Gasteiger partial charge is 0.357 e.